The number of rotatable bonds is 11. The molecule has 258 valence electrons. The first kappa shape index (κ1) is 34.9. The van der Waals surface area contributed by atoms with E-state index >= 15 is 0 Å². The molecule has 0 unspecified atom stereocenters. The maximum atomic E-state index is 13.7. The summed E-state index contributed by atoms with van der Waals surface area (Å²) in [5, 5.41) is 0.174. The monoisotopic (exact) mass is 694 g/mol. The second kappa shape index (κ2) is 17.1. The van der Waals surface area contributed by atoms with E-state index in [4.69, 9.17) is 23.7 Å². The van der Waals surface area contributed by atoms with E-state index in [0.29, 0.717) is 11.1 Å². The Morgan fingerprint density at radius 1 is 0.520 bits per heavy atom. The summed E-state index contributed by atoms with van der Waals surface area (Å²) in [6.07, 6.45) is 0.114. The van der Waals surface area contributed by atoms with E-state index in [9.17, 15) is 19.2 Å². The molecule has 2 aliphatic rings. The number of hydrogen-bond donors (Lipinski definition) is 0. The topological polar surface area (TPSA) is 114 Å². The predicted octanol–water partition coefficient (Wildman–Crippen LogP) is 7.31. The Hall–Kier alpha value is -4.93. The largest absolute Gasteiger partial charge is 0.459 e. The average Bonchev–Trinajstić information content (AvgIpc) is 3.17. The normalized spacial score (nSPS) is 22.1. The summed E-state index contributed by atoms with van der Waals surface area (Å²) in [6, 6.07) is 33.7. The van der Waals surface area contributed by atoms with Crippen LogP contribution in [0.5, 0.6) is 0 Å². The molecule has 0 spiro atoms. The third-order valence-electron chi connectivity index (χ3n) is 8.62. The fourth-order valence-corrected chi connectivity index (χ4v) is 7.58. The summed E-state index contributed by atoms with van der Waals surface area (Å²) in [7, 11) is 0. The minimum Gasteiger partial charge on any atom is -0.459 e. The molecule has 1 aliphatic heterocycles. The molecule has 1 aliphatic carbocycles. The maximum absolute atomic E-state index is 13.7. The molecule has 10 heteroatoms. The Balaban J connectivity index is 1.38. The summed E-state index contributed by atoms with van der Waals surface area (Å²) in [6.45, 7) is -0.332. The van der Waals surface area contributed by atoms with Gasteiger partial charge in [0.25, 0.3) is 0 Å². The highest BCUT2D eigenvalue weighted by molar-refractivity contribution is 8.00. The molecule has 1 heterocycles. The predicted molar refractivity (Wildman–Crippen MR) is 187 cm³/mol. The van der Waals surface area contributed by atoms with Crippen LogP contribution >= 0.6 is 11.8 Å². The molecule has 1 saturated carbocycles. The lowest BCUT2D eigenvalue weighted by atomic mass is 9.98. The van der Waals surface area contributed by atoms with Crippen LogP contribution in [0.4, 0.5) is 0 Å². The van der Waals surface area contributed by atoms with Gasteiger partial charge in [-0.2, -0.15) is 0 Å². The maximum Gasteiger partial charge on any atom is 0.338 e. The van der Waals surface area contributed by atoms with Crippen LogP contribution in [-0.2, 0) is 23.7 Å². The van der Waals surface area contributed by atoms with E-state index in [1.54, 1.807) is 121 Å². The summed E-state index contributed by atoms with van der Waals surface area (Å²) >= 11 is 1.49. The minimum absolute atomic E-state index is 0.174. The van der Waals surface area contributed by atoms with Crippen molar-refractivity contribution >= 4 is 35.6 Å². The summed E-state index contributed by atoms with van der Waals surface area (Å²) in [4.78, 5) is 54.1. The number of benzene rings is 4. The van der Waals surface area contributed by atoms with Gasteiger partial charge in [0.2, 0.25) is 0 Å². The standard InChI is InChI=1S/C40H38O9S/c41-36(27-16-6-1-7-17-27)45-26-32-33(47-37(42)28-18-8-2-9-19-28)34(48-38(43)29-20-10-3-11-21-29)35(49-39(44)30-22-12-4-13-23-30)40(46-32)50-31-24-14-5-15-25-31/h1-4,6-13,16-23,31-35,40H,5,14-15,24-26H2/t32-,33+,34+,35-,40+/m1/s1. The molecular formula is C40H38O9S. The van der Waals surface area contributed by atoms with Gasteiger partial charge in [0, 0.05) is 5.25 Å². The van der Waals surface area contributed by atoms with Gasteiger partial charge in [0.05, 0.1) is 22.3 Å². The first-order valence-corrected chi connectivity index (χ1v) is 17.7. The molecule has 4 aromatic carbocycles. The highest BCUT2D eigenvalue weighted by Crippen LogP contribution is 2.40. The third-order valence-corrected chi connectivity index (χ3v) is 10.1. The Bertz CT molecular complexity index is 1710. The number of carbonyl (C=O) groups is 4. The summed E-state index contributed by atoms with van der Waals surface area (Å²) in [5.41, 5.74) is 0.266. The van der Waals surface area contributed by atoms with Gasteiger partial charge in [-0.1, -0.05) is 92.1 Å². The molecular weight excluding hydrogens is 656 g/mol. The van der Waals surface area contributed by atoms with Gasteiger partial charge in [0.15, 0.2) is 18.3 Å². The minimum atomic E-state index is -1.34. The van der Waals surface area contributed by atoms with Gasteiger partial charge in [-0.3, -0.25) is 0 Å². The highest BCUT2D eigenvalue weighted by atomic mass is 32.2. The lowest BCUT2D eigenvalue weighted by molar-refractivity contribution is -0.207. The number of thioether (sulfide) groups is 1. The first-order chi connectivity index (χ1) is 24.5. The molecule has 0 amide bonds. The van der Waals surface area contributed by atoms with Crippen molar-refractivity contribution in [2.75, 3.05) is 6.61 Å². The SMILES string of the molecule is O=C(OC[C@H]1O[C@@H](SC2CCCCC2)[C@H](OC(=O)c2ccccc2)[C@@H](OC(=O)c2ccccc2)[C@H]1OC(=O)c1ccccc1)c1ccccc1. The van der Waals surface area contributed by atoms with Crippen LogP contribution < -0.4 is 0 Å². The van der Waals surface area contributed by atoms with E-state index in [0.717, 1.165) is 32.1 Å². The van der Waals surface area contributed by atoms with Gasteiger partial charge < -0.3 is 23.7 Å². The summed E-state index contributed by atoms with van der Waals surface area (Å²) < 4.78 is 30.8. The fourth-order valence-electron chi connectivity index (χ4n) is 6.03. The Labute approximate surface area is 295 Å². The van der Waals surface area contributed by atoms with Crippen LogP contribution in [0.3, 0.4) is 0 Å². The quantitative estimate of drug-likeness (QED) is 0.117. The lowest BCUT2D eigenvalue weighted by Crippen LogP contribution is -2.62. The second-order valence-electron chi connectivity index (χ2n) is 12.1. The lowest BCUT2D eigenvalue weighted by Gasteiger charge is -2.45. The summed E-state index contributed by atoms with van der Waals surface area (Å²) in [5.74, 6) is -2.68. The fraction of sp³-hybridized carbons (Fsp3) is 0.300. The van der Waals surface area contributed by atoms with Crippen molar-refractivity contribution < 1.29 is 42.9 Å². The van der Waals surface area contributed by atoms with Crippen LogP contribution in [0, 0.1) is 0 Å². The first-order valence-electron chi connectivity index (χ1n) is 16.8. The van der Waals surface area contributed by atoms with Gasteiger partial charge >= 0.3 is 23.9 Å². The third kappa shape index (κ3) is 8.99. The number of ether oxygens (including phenoxy) is 5. The second-order valence-corrected chi connectivity index (χ2v) is 13.5. The van der Waals surface area contributed by atoms with Crippen molar-refractivity contribution in [3.05, 3.63) is 144 Å². The molecule has 0 radical (unpaired) electrons. The van der Waals surface area contributed by atoms with Crippen LogP contribution in [0.2, 0.25) is 0 Å². The molecule has 2 fully saturated rings. The zero-order valence-corrected chi connectivity index (χ0v) is 28.2. The van der Waals surface area contributed by atoms with Crippen molar-refractivity contribution in [1.29, 1.82) is 0 Å². The molecule has 0 aromatic heterocycles. The van der Waals surface area contributed by atoms with Gasteiger partial charge in [-0.25, -0.2) is 19.2 Å². The van der Waals surface area contributed by atoms with E-state index in [1.807, 2.05) is 0 Å². The van der Waals surface area contributed by atoms with E-state index in [2.05, 4.69) is 0 Å². The Morgan fingerprint density at radius 2 is 0.920 bits per heavy atom. The molecule has 0 N–H and O–H groups in total. The zero-order valence-electron chi connectivity index (χ0n) is 27.3. The van der Waals surface area contributed by atoms with Crippen molar-refractivity contribution in [3.8, 4) is 0 Å². The van der Waals surface area contributed by atoms with E-state index in [1.165, 1.54) is 11.8 Å². The highest BCUT2D eigenvalue weighted by Gasteiger charge is 2.53. The average molecular weight is 695 g/mol. The van der Waals surface area contributed by atoms with Crippen molar-refractivity contribution in [2.24, 2.45) is 0 Å². The van der Waals surface area contributed by atoms with E-state index in [-0.39, 0.29) is 23.0 Å². The number of hydrogen-bond acceptors (Lipinski definition) is 10. The van der Waals surface area contributed by atoms with Gasteiger partial charge in [-0.05, 0) is 61.4 Å². The molecule has 6 rings (SSSR count). The van der Waals surface area contributed by atoms with Gasteiger partial charge in [0.1, 0.15) is 18.1 Å². The number of carbonyl (C=O) groups excluding carboxylic acids is 4. The van der Waals surface area contributed by atoms with Gasteiger partial charge in [-0.15, -0.1) is 11.8 Å². The van der Waals surface area contributed by atoms with E-state index < -0.39 is 53.7 Å². The van der Waals surface area contributed by atoms with Crippen molar-refractivity contribution in [1.82, 2.24) is 0 Å². The van der Waals surface area contributed by atoms with Crippen molar-refractivity contribution in [3.63, 3.8) is 0 Å². The van der Waals surface area contributed by atoms with Crippen molar-refractivity contribution in [2.45, 2.75) is 67.2 Å². The molecule has 5 atom stereocenters. The van der Waals surface area contributed by atoms with Crippen LogP contribution in [0.25, 0.3) is 0 Å². The zero-order chi connectivity index (χ0) is 34.7. The van der Waals surface area contributed by atoms with Crippen LogP contribution in [0.1, 0.15) is 73.5 Å². The molecule has 9 nitrogen and oxygen atoms in total. The molecule has 4 aromatic rings. The smallest absolute Gasteiger partial charge is 0.338 e. The molecule has 50 heavy (non-hydrogen) atoms. The van der Waals surface area contributed by atoms with Crippen LogP contribution in [0.15, 0.2) is 121 Å². The number of esters is 4. The molecule has 1 saturated heterocycles. The Kier molecular flexibility index (Phi) is 12.0. The molecule has 0 bridgehead atoms. The Morgan fingerprint density at radius 3 is 1.38 bits per heavy atom. The van der Waals surface area contributed by atoms with Crippen LogP contribution in [-0.4, -0.2) is 65.6 Å².